The van der Waals surface area contributed by atoms with E-state index in [0.29, 0.717) is 0 Å². The van der Waals surface area contributed by atoms with E-state index >= 15 is 0 Å². The Morgan fingerprint density at radius 3 is 1.00 bits per heavy atom. The third-order valence-corrected chi connectivity index (χ3v) is 2.83. The van der Waals surface area contributed by atoms with E-state index in [0.717, 1.165) is 0 Å². The summed E-state index contributed by atoms with van der Waals surface area (Å²) in [5.41, 5.74) is 0. The van der Waals surface area contributed by atoms with Gasteiger partial charge in [0.05, 0.1) is 0 Å². The number of hydrogen-bond acceptors (Lipinski definition) is 8. The van der Waals surface area contributed by atoms with Gasteiger partial charge < -0.3 is 23.4 Å². The molecule has 0 aliphatic rings. The first-order valence-electron chi connectivity index (χ1n) is 1.62. The third-order valence-electron chi connectivity index (χ3n) is 0.167. The van der Waals surface area contributed by atoms with Gasteiger partial charge in [-0.25, -0.2) is 0 Å². The molecule has 0 fully saturated rings. The Labute approximate surface area is 77.4 Å². The Bertz CT molecular complexity index is 243. The zero-order valence-corrected chi connectivity index (χ0v) is 9.34. The van der Waals surface area contributed by atoms with Crippen molar-refractivity contribution in [3.63, 3.8) is 0 Å². The fourth-order valence-electron chi connectivity index (χ4n) is 0.102. The first-order chi connectivity index (χ1) is 4.71. The predicted octanol–water partition coefficient (Wildman–Crippen LogP) is -3.45. The summed E-state index contributed by atoms with van der Waals surface area (Å²) in [6, 6.07) is 0. The van der Waals surface area contributed by atoms with E-state index < -0.39 is 27.2 Å². The predicted molar refractivity (Wildman–Crippen MR) is 22.1 cm³/mol. The molecule has 0 spiro atoms. The zero-order chi connectivity index (χ0) is 9.71. The molecule has 11 nitrogen and oxygen atoms in total. The van der Waals surface area contributed by atoms with Crippen LogP contribution in [0.1, 0.15) is 0 Å². The van der Waals surface area contributed by atoms with Gasteiger partial charge in [0.1, 0.15) is 0 Å². The molecule has 0 rings (SSSR count). The van der Waals surface area contributed by atoms with Crippen LogP contribution in [0.5, 0.6) is 0 Å². The molecule has 13 heavy (non-hydrogen) atoms. The second-order valence-corrected chi connectivity index (χ2v) is 4.52. The Hall–Kier alpha value is -0.0151. The van der Waals surface area contributed by atoms with E-state index in [2.05, 4.69) is 2.84 Å². The molecular weight excluding hydrogens is 274 g/mol. The Balaban J connectivity index is -0.0000000941. The monoisotopic (exact) mass is 285 g/mol. The molecule has 0 aliphatic carbocycles. The van der Waals surface area contributed by atoms with Crippen LogP contribution in [0, 0.1) is 5.21 Å². The maximum absolute atomic E-state index is 9.38. The van der Waals surface area contributed by atoms with Crippen molar-refractivity contribution in [2.75, 3.05) is 0 Å². The molecule has 0 atom stereocenters. The second kappa shape index (κ2) is 8.58. The van der Waals surface area contributed by atoms with Crippen molar-refractivity contribution in [1.29, 1.82) is 0 Å². The van der Waals surface area contributed by atoms with Crippen molar-refractivity contribution < 1.29 is 59.5 Å². The van der Waals surface area contributed by atoms with Crippen LogP contribution in [0.3, 0.4) is 0 Å². The van der Waals surface area contributed by atoms with Crippen molar-refractivity contribution in [2.45, 2.75) is 0 Å². The molecule has 13 heteroatoms. The van der Waals surface area contributed by atoms with Crippen LogP contribution < -0.4 is 26.5 Å². The quantitative estimate of drug-likeness (QED) is 0.429. The summed E-state index contributed by atoms with van der Waals surface area (Å²) in [5, 5.41) is 8.00. The summed E-state index contributed by atoms with van der Waals surface area (Å²) >= 11 is -12.1. The maximum atomic E-state index is 9.38. The summed E-state index contributed by atoms with van der Waals surface area (Å²) in [4.78, 5) is 0. The molecule has 0 aromatic carbocycles. The van der Waals surface area contributed by atoms with E-state index in [9.17, 15) is 23.5 Å². The van der Waals surface area contributed by atoms with Crippen LogP contribution in [0.4, 0.5) is 0 Å². The molecule has 0 aromatic heterocycles. The summed E-state index contributed by atoms with van der Waals surface area (Å²) in [5.74, 6) is 2.00. The minimum atomic E-state index is -6.07. The summed E-state index contributed by atoms with van der Waals surface area (Å²) in [6.45, 7) is 0. The fraction of sp³-hybridized carbons (Fsp3) is 0. The summed E-state index contributed by atoms with van der Waals surface area (Å²) in [6.07, 6.45) is 0. The third kappa shape index (κ3) is 33.4. The van der Waals surface area contributed by atoms with Gasteiger partial charge in [0.25, 0.3) is 0 Å². The van der Waals surface area contributed by atoms with Crippen LogP contribution in [-0.4, -0.2) is 0 Å². The average molecular weight is 285 g/mol. The van der Waals surface area contributed by atoms with E-state index in [-0.39, 0.29) is 12.3 Å². The van der Waals surface area contributed by atoms with E-state index in [1.165, 1.54) is 0 Å². The standard InChI is InChI=1S/2Cr.H3NO.2H3N.7O/c;;1-2;;;;;;;;;/h;;1H3;2*1H3;;;;;;;/q;;;;;;;;;;2*-1/p+2. The molecule has 0 bridgehead atoms. The zero-order valence-electron chi connectivity index (χ0n) is 6.79. The van der Waals surface area contributed by atoms with Gasteiger partial charge in [0, 0.05) is 0 Å². The van der Waals surface area contributed by atoms with Gasteiger partial charge >= 0.3 is 53.6 Å². The first kappa shape index (κ1) is 23.1. The SMILES string of the molecule is [NH3+][O-].[NH4+].[NH4+].[O]=[Cr](=[O])([O-])[O][Cr](=[O])(=[O])[O-]. The number of hydrogen-bond donors (Lipinski definition) is 3. The van der Waals surface area contributed by atoms with Crippen LogP contribution in [0.25, 0.3) is 0 Å². The molecule has 0 aliphatic heterocycles. The molecule has 0 saturated heterocycles. The van der Waals surface area contributed by atoms with Crippen LogP contribution in [-0.2, 0) is 45.3 Å². The molecular formula is H11Cr2N3O8. The molecule has 0 amide bonds. The van der Waals surface area contributed by atoms with Crippen molar-refractivity contribution in [3.05, 3.63) is 5.21 Å². The number of rotatable bonds is 2. The second-order valence-electron chi connectivity index (χ2n) is 0.885. The molecule has 0 aromatic rings. The molecule has 0 unspecified atom stereocenters. The fourth-order valence-corrected chi connectivity index (χ4v) is 1.74. The van der Waals surface area contributed by atoms with Gasteiger partial charge in [-0.3, -0.25) is 0 Å². The molecule has 11 N–H and O–H groups in total. The van der Waals surface area contributed by atoms with Crippen molar-refractivity contribution in [1.82, 2.24) is 12.3 Å². The Morgan fingerprint density at radius 1 is 0.846 bits per heavy atom. The van der Waals surface area contributed by atoms with Gasteiger partial charge in [0.2, 0.25) is 0 Å². The average Bonchev–Trinajstić information content (AvgIpc) is 1.60. The Kier molecular flexibility index (Phi) is 15.2. The molecule has 0 heterocycles. The van der Waals surface area contributed by atoms with Crippen LogP contribution >= 0.6 is 0 Å². The minimum absolute atomic E-state index is 0. The number of quaternary nitrogens is 3. The first-order valence-corrected chi connectivity index (χ1v) is 5.79. The summed E-state index contributed by atoms with van der Waals surface area (Å²) in [7, 11) is 0. The summed E-state index contributed by atoms with van der Waals surface area (Å²) < 4.78 is 58.9. The van der Waals surface area contributed by atoms with Crippen LogP contribution in [0.15, 0.2) is 0 Å². The van der Waals surface area contributed by atoms with Gasteiger partial charge in [-0.1, -0.05) is 0 Å². The van der Waals surface area contributed by atoms with Gasteiger partial charge in [0.15, 0.2) is 0 Å². The van der Waals surface area contributed by atoms with Gasteiger partial charge in [-0.15, -0.1) is 0 Å². The topological polar surface area (TPSA) is 247 Å². The molecule has 0 radical (unpaired) electrons. The van der Waals surface area contributed by atoms with E-state index in [1.807, 2.05) is 5.90 Å². The van der Waals surface area contributed by atoms with Crippen molar-refractivity contribution >= 4 is 0 Å². The Morgan fingerprint density at radius 2 is 1.00 bits per heavy atom. The molecule has 86 valence electrons. The normalized spacial score (nSPS) is 9.85. The van der Waals surface area contributed by atoms with Crippen LogP contribution in [0.2, 0.25) is 0 Å². The van der Waals surface area contributed by atoms with Crippen molar-refractivity contribution in [2.24, 2.45) is 0 Å². The van der Waals surface area contributed by atoms with E-state index in [1.54, 1.807) is 0 Å². The van der Waals surface area contributed by atoms with Gasteiger partial charge in [-0.2, -0.15) is 0 Å². The molecule has 0 saturated carbocycles. The van der Waals surface area contributed by atoms with Crippen molar-refractivity contribution in [3.8, 4) is 0 Å². The van der Waals surface area contributed by atoms with Gasteiger partial charge in [-0.05, 0) is 0 Å². The van der Waals surface area contributed by atoms with E-state index in [4.69, 9.17) is 5.21 Å².